The van der Waals surface area contributed by atoms with Gasteiger partial charge in [0.05, 0.1) is 0 Å². The molecule has 0 fully saturated rings. The van der Waals surface area contributed by atoms with E-state index >= 15 is 0 Å². The van der Waals surface area contributed by atoms with Crippen molar-refractivity contribution in [2.45, 2.75) is 0 Å². The molecule has 3 heteroatoms. The molecule has 3 aromatic heterocycles. The summed E-state index contributed by atoms with van der Waals surface area (Å²) >= 11 is 0. The van der Waals surface area contributed by atoms with E-state index in [1.165, 1.54) is 38.2 Å². The average molecular weight is 651 g/mol. The van der Waals surface area contributed by atoms with Crippen molar-refractivity contribution in [3.8, 4) is 22.3 Å². The number of hydrogen-bond acceptors (Lipinski definition) is 3. The molecular weight excluding hydrogens is 625 g/mol. The van der Waals surface area contributed by atoms with Crippen LogP contribution in [0.4, 0.5) is 0 Å². The summed E-state index contributed by atoms with van der Waals surface area (Å²) < 4.78 is 19.6. The molecule has 0 radical (unpaired) electrons. The SMILES string of the molecule is c1ccc2c(c1)oc1c2ccc2ccc3oc4cc(-c5c6ccccc6c(-c6cccc7oc8ccccc8c67)c6ccccc56)ccc4c3c21. The summed E-state index contributed by atoms with van der Waals surface area (Å²) in [6.45, 7) is 0. The van der Waals surface area contributed by atoms with Crippen LogP contribution in [0.2, 0.25) is 0 Å². The normalized spacial score (nSPS) is 12.3. The van der Waals surface area contributed by atoms with Crippen LogP contribution in [-0.2, 0) is 0 Å². The predicted molar refractivity (Wildman–Crippen MR) is 212 cm³/mol. The van der Waals surface area contributed by atoms with Crippen LogP contribution in [0.25, 0.3) is 120 Å². The molecule has 0 saturated carbocycles. The summed E-state index contributed by atoms with van der Waals surface area (Å²) in [5.41, 5.74) is 10.0. The van der Waals surface area contributed by atoms with Gasteiger partial charge in [-0.1, -0.05) is 115 Å². The van der Waals surface area contributed by atoms with Crippen molar-refractivity contribution in [1.29, 1.82) is 0 Å². The Kier molecular flexibility index (Phi) is 5.23. The first-order valence-electron chi connectivity index (χ1n) is 17.3. The second kappa shape index (κ2) is 9.87. The highest BCUT2D eigenvalue weighted by Gasteiger charge is 2.22. The van der Waals surface area contributed by atoms with Crippen molar-refractivity contribution in [2.24, 2.45) is 0 Å². The van der Waals surface area contributed by atoms with E-state index < -0.39 is 0 Å². The number of hydrogen-bond donors (Lipinski definition) is 0. The van der Waals surface area contributed by atoms with Crippen LogP contribution in [0.1, 0.15) is 0 Å². The molecule has 0 amide bonds. The number of para-hydroxylation sites is 2. The van der Waals surface area contributed by atoms with Crippen molar-refractivity contribution in [3.05, 3.63) is 158 Å². The number of rotatable bonds is 2. The highest BCUT2D eigenvalue weighted by atomic mass is 16.3. The Hall–Kier alpha value is -6.84. The molecule has 51 heavy (non-hydrogen) atoms. The quantitative estimate of drug-likeness (QED) is 0.175. The van der Waals surface area contributed by atoms with Crippen LogP contribution in [0, 0.1) is 0 Å². The summed E-state index contributed by atoms with van der Waals surface area (Å²) in [6, 6.07) is 55.9. The van der Waals surface area contributed by atoms with Gasteiger partial charge in [0, 0.05) is 37.7 Å². The third kappa shape index (κ3) is 3.62. The molecule has 0 N–H and O–H groups in total. The maximum atomic E-state index is 6.69. The van der Waals surface area contributed by atoms with Crippen LogP contribution in [0.3, 0.4) is 0 Å². The lowest BCUT2D eigenvalue weighted by atomic mass is 9.85. The molecule has 12 aromatic rings. The van der Waals surface area contributed by atoms with Gasteiger partial charge in [-0.3, -0.25) is 0 Å². The first kappa shape index (κ1) is 27.0. The molecule has 0 atom stereocenters. The largest absolute Gasteiger partial charge is 0.456 e. The lowest BCUT2D eigenvalue weighted by Gasteiger charge is -2.18. The van der Waals surface area contributed by atoms with Gasteiger partial charge in [0.1, 0.15) is 33.5 Å². The lowest BCUT2D eigenvalue weighted by Crippen LogP contribution is -1.91. The summed E-state index contributed by atoms with van der Waals surface area (Å²) in [6.07, 6.45) is 0. The minimum atomic E-state index is 0.855. The number of furan rings is 3. The van der Waals surface area contributed by atoms with Crippen molar-refractivity contribution in [3.63, 3.8) is 0 Å². The zero-order valence-electron chi connectivity index (χ0n) is 27.2. The summed E-state index contributed by atoms with van der Waals surface area (Å²) in [5.74, 6) is 0. The topological polar surface area (TPSA) is 39.4 Å². The van der Waals surface area contributed by atoms with Gasteiger partial charge in [0.15, 0.2) is 0 Å². The number of benzene rings is 9. The second-order valence-electron chi connectivity index (χ2n) is 13.5. The monoisotopic (exact) mass is 650 g/mol. The molecular formula is C48H26O3. The van der Waals surface area contributed by atoms with E-state index in [1.54, 1.807) is 0 Å². The van der Waals surface area contributed by atoms with Crippen molar-refractivity contribution in [2.75, 3.05) is 0 Å². The molecule has 0 aliphatic heterocycles. The first-order chi connectivity index (χ1) is 25.3. The van der Waals surface area contributed by atoms with E-state index in [-0.39, 0.29) is 0 Å². The maximum absolute atomic E-state index is 6.69. The fourth-order valence-corrected chi connectivity index (χ4v) is 8.73. The Morgan fingerprint density at radius 3 is 1.61 bits per heavy atom. The molecule has 3 heterocycles. The van der Waals surface area contributed by atoms with Gasteiger partial charge in [-0.2, -0.15) is 0 Å². The maximum Gasteiger partial charge on any atom is 0.144 e. The van der Waals surface area contributed by atoms with E-state index in [2.05, 4.69) is 140 Å². The molecule has 0 aliphatic rings. The van der Waals surface area contributed by atoms with Crippen LogP contribution < -0.4 is 0 Å². The summed E-state index contributed by atoms with van der Waals surface area (Å²) in [4.78, 5) is 0. The van der Waals surface area contributed by atoms with Crippen LogP contribution >= 0.6 is 0 Å². The zero-order valence-corrected chi connectivity index (χ0v) is 27.2. The Bertz CT molecular complexity index is 3370. The van der Waals surface area contributed by atoms with Gasteiger partial charge < -0.3 is 13.3 Å². The lowest BCUT2D eigenvalue weighted by molar-refractivity contribution is 0.668. The minimum absolute atomic E-state index is 0.855. The highest BCUT2D eigenvalue weighted by molar-refractivity contribution is 6.29. The molecule has 0 bridgehead atoms. The molecule has 3 nitrogen and oxygen atoms in total. The minimum Gasteiger partial charge on any atom is -0.456 e. The second-order valence-corrected chi connectivity index (χ2v) is 13.5. The average Bonchev–Trinajstić information content (AvgIpc) is 3.88. The molecule has 0 unspecified atom stereocenters. The molecule has 12 rings (SSSR count). The third-order valence-electron chi connectivity index (χ3n) is 10.9. The van der Waals surface area contributed by atoms with Crippen molar-refractivity contribution < 1.29 is 13.3 Å². The first-order valence-corrected chi connectivity index (χ1v) is 17.3. The van der Waals surface area contributed by atoms with Crippen LogP contribution in [0.15, 0.2) is 171 Å². The van der Waals surface area contributed by atoms with Gasteiger partial charge in [0.2, 0.25) is 0 Å². The van der Waals surface area contributed by atoms with Gasteiger partial charge in [0.25, 0.3) is 0 Å². The molecule has 0 saturated heterocycles. The van der Waals surface area contributed by atoms with E-state index in [0.717, 1.165) is 82.2 Å². The smallest absolute Gasteiger partial charge is 0.144 e. The summed E-state index contributed by atoms with van der Waals surface area (Å²) in [5, 5.41) is 13.7. The third-order valence-corrected chi connectivity index (χ3v) is 10.9. The van der Waals surface area contributed by atoms with Gasteiger partial charge in [-0.05, 0) is 91.6 Å². The van der Waals surface area contributed by atoms with Crippen molar-refractivity contribution >= 4 is 98.1 Å². The molecule has 0 aliphatic carbocycles. The fourth-order valence-electron chi connectivity index (χ4n) is 8.73. The molecule has 236 valence electrons. The standard InChI is InChI=1S/C48H26O3/c1-3-13-32-30(11-1)43(31-12-2-4-14-33(31)45(32)37-16-9-19-40-46(37)35-15-6-8-18-39(35)49-40)28-21-24-36-42(26-28)50-41-25-22-27-20-23-34-29-10-5-7-17-38(29)51-48(34)44(27)47(36)41/h1-26H. The zero-order chi connectivity index (χ0) is 33.2. The molecule has 9 aromatic carbocycles. The van der Waals surface area contributed by atoms with Crippen molar-refractivity contribution in [1.82, 2.24) is 0 Å². The predicted octanol–water partition coefficient (Wildman–Crippen LogP) is 14.2. The fraction of sp³-hybridized carbons (Fsp3) is 0. The Labute approximate surface area is 290 Å². The summed E-state index contributed by atoms with van der Waals surface area (Å²) in [7, 11) is 0. The highest BCUT2D eigenvalue weighted by Crippen LogP contribution is 2.48. The van der Waals surface area contributed by atoms with E-state index in [9.17, 15) is 0 Å². The number of fused-ring (bicyclic) bond motifs is 14. The Balaban J connectivity index is 1.15. The molecule has 0 spiro atoms. The van der Waals surface area contributed by atoms with Gasteiger partial charge in [-0.25, -0.2) is 0 Å². The van der Waals surface area contributed by atoms with Crippen LogP contribution in [-0.4, -0.2) is 0 Å². The van der Waals surface area contributed by atoms with Gasteiger partial charge in [-0.15, -0.1) is 0 Å². The van der Waals surface area contributed by atoms with Crippen LogP contribution in [0.5, 0.6) is 0 Å². The van der Waals surface area contributed by atoms with E-state index in [4.69, 9.17) is 13.3 Å². The van der Waals surface area contributed by atoms with Gasteiger partial charge >= 0.3 is 0 Å². The Morgan fingerprint density at radius 2 is 0.843 bits per heavy atom. The van der Waals surface area contributed by atoms with E-state index in [0.29, 0.717) is 0 Å². The van der Waals surface area contributed by atoms with E-state index in [1.807, 2.05) is 18.2 Å². The Morgan fingerprint density at radius 1 is 0.294 bits per heavy atom.